The van der Waals surface area contributed by atoms with Crippen molar-refractivity contribution in [1.29, 1.82) is 0 Å². The van der Waals surface area contributed by atoms with Gasteiger partial charge >= 0.3 is 0 Å². The summed E-state index contributed by atoms with van der Waals surface area (Å²) in [7, 11) is 0. The molecule has 0 aromatic heterocycles. The van der Waals surface area contributed by atoms with Gasteiger partial charge in [0.2, 0.25) is 0 Å². The second kappa shape index (κ2) is 9.19. The van der Waals surface area contributed by atoms with Gasteiger partial charge in [-0.3, -0.25) is 0 Å². The van der Waals surface area contributed by atoms with Crippen molar-refractivity contribution in [2.45, 2.75) is 65.6 Å². The molecule has 0 amide bonds. The number of allylic oxidation sites excluding steroid dienone is 4. The first-order valence-electron chi connectivity index (χ1n) is 9.83. The molecule has 0 bridgehead atoms. The normalized spacial score (nSPS) is 13.0. The third-order valence-corrected chi connectivity index (χ3v) is 5.05. The molecule has 0 saturated heterocycles. The number of benzene rings is 2. The molecule has 0 saturated carbocycles. The summed E-state index contributed by atoms with van der Waals surface area (Å²) in [5.74, 6) is 0. The molecule has 0 radical (unpaired) electrons. The van der Waals surface area contributed by atoms with Gasteiger partial charge in [-0.05, 0) is 36.1 Å². The van der Waals surface area contributed by atoms with Crippen LogP contribution in [-0.2, 0) is 28.8 Å². The van der Waals surface area contributed by atoms with E-state index in [1.807, 2.05) is 0 Å². The van der Waals surface area contributed by atoms with E-state index in [0.717, 1.165) is 0 Å². The summed E-state index contributed by atoms with van der Waals surface area (Å²) >= 11 is 0. The lowest BCUT2D eigenvalue weighted by Gasteiger charge is -2.22. The minimum atomic E-state index is 0.0392. The molecule has 0 aliphatic rings. The first-order valence-corrected chi connectivity index (χ1v) is 9.83. The van der Waals surface area contributed by atoms with Crippen molar-refractivity contribution in [2.75, 3.05) is 0 Å². The second-order valence-corrected chi connectivity index (χ2v) is 8.34. The van der Waals surface area contributed by atoms with Crippen LogP contribution in [0.4, 0.5) is 0 Å². The van der Waals surface area contributed by atoms with Gasteiger partial charge in [-0.2, -0.15) is 0 Å². The third kappa shape index (κ3) is 5.94. The fourth-order valence-corrected chi connectivity index (χ4v) is 3.44. The number of rotatable bonds is 8. The lowest BCUT2D eigenvalue weighted by atomic mass is 9.83. The molecule has 1 nitrogen and oxygen atoms in total. The lowest BCUT2D eigenvalue weighted by molar-refractivity contribution is 0.107. The standard InChI is InChI=1S/C26H34O/c1-7-15-25(3,4)23-13-9-11-21(17-23)19-27-20-22-12-10-14-24(18-22)26(5,6)16-8-2/h7-18H,19-20H2,1-6H3. The van der Waals surface area contributed by atoms with E-state index in [2.05, 4.69) is 114 Å². The van der Waals surface area contributed by atoms with Gasteiger partial charge in [0.25, 0.3) is 0 Å². The fraction of sp³-hybridized carbons (Fsp3) is 0.385. The topological polar surface area (TPSA) is 9.23 Å². The van der Waals surface area contributed by atoms with Crippen molar-refractivity contribution in [1.82, 2.24) is 0 Å². The van der Waals surface area contributed by atoms with Crippen LogP contribution >= 0.6 is 0 Å². The molecule has 0 unspecified atom stereocenters. The fourth-order valence-electron chi connectivity index (χ4n) is 3.44. The summed E-state index contributed by atoms with van der Waals surface area (Å²) in [6, 6.07) is 17.4. The van der Waals surface area contributed by atoms with Crippen LogP contribution < -0.4 is 0 Å². The second-order valence-electron chi connectivity index (χ2n) is 8.34. The zero-order chi connectivity index (χ0) is 19.9. The van der Waals surface area contributed by atoms with Gasteiger partial charge in [0.15, 0.2) is 0 Å². The molecule has 2 rings (SSSR count). The maximum absolute atomic E-state index is 6.02. The Morgan fingerprint density at radius 2 is 1.11 bits per heavy atom. The van der Waals surface area contributed by atoms with Crippen molar-refractivity contribution in [3.8, 4) is 0 Å². The lowest BCUT2D eigenvalue weighted by Crippen LogP contribution is -2.14. The minimum absolute atomic E-state index is 0.0392. The Kier molecular flexibility index (Phi) is 7.21. The van der Waals surface area contributed by atoms with Crippen LogP contribution in [0.1, 0.15) is 63.8 Å². The van der Waals surface area contributed by atoms with Crippen LogP contribution in [0, 0.1) is 0 Å². The Hall–Kier alpha value is -2.12. The predicted octanol–water partition coefficient (Wildman–Crippen LogP) is 7.11. The van der Waals surface area contributed by atoms with E-state index in [4.69, 9.17) is 4.74 Å². The number of hydrogen-bond donors (Lipinski definition) is 0. The smallest absolute Gasteiger partial charge is 0.0721 e. The Balaban J connectivity index is 2.03. The van der Waals surface area contributed by atoms with Gasteiger partial charge in [0.1, 0.15) is 0 Å². The van der Waals surface area contributed by atoms with E-state index >= 15 is 0 Å². The zero-order valence-electron chi connectivity index (χ0n) is 17.8. The minimum Gasteiger partial charge on any atom is -0.372 e. The van der Waals surface area contributed by atoms with Crippen LogP contribution in [-0.4, -0.2) is 0 Å². The molecule has 27 heavy (non-hydrogen) atoms. The molecule has 2 aromatic carbocycles. The molecule has 0 aliphatic carbocycles. The first kappa shape index (κ1) is 21.2. The number of ether oxygens (including phenoxy) is 1. The zero-order valence-corrected chi connectivity index (χ0v) is 17.8. The molecule has 0 spiro atoms. The Bertz CT molecular complexity index is 726. The monoisotopic (exact) mass is 362 g/mol. The molecule has 0 aliphatic heterocycles. The van der Waals surface area contributed by atoms with E-state index in [0.29, 0.717) is 13.2 Å². The summed E-state index contributed by atoms with van der Waals surface area (Å²) in [4.78, 5) is 0. The van der Waals surface area contributed by atoms with E-state index in [-0.39, 0.29) is 10.8 Å². The van der Waals surface area contributed by atoms with E-state index in [1.165, 1.54) is 22.3 Å². The Labute approximate surface area is 165 Å². The molecule has 144 valence electrons. The van der Waals surface area contributed by atoms with Crippen molar-refractivity contribution in [2.24, 2.45) is 0 Å². The van der Waals surface area contributed by atoms with E-state index in [9.17, 15) is 0 Å². The van der Waals surface area contributed by atoms with Crippen molar-refractivity contribution in [3.63, 3.8) is 0 Å². The first-order chi connectivity index (χ1) is 12.8. The largest absolute Gasteiger partial charge is 0.372 e. The van der Waals surface area contributed by atoms with Crippen LogP contribution in [0.25, 0.3) is 0 Å². The van der Waals surface area contributed by atoms with E-state index in [1.54, 1.807) is 0 Å². The maximum atomic E-state index is 6.02. The van der Waals surface area contributed by atoms with Crippen molar-refractivity contribution >= 4 is 0 Å². The SMILES string of the molecule is CC=CC(C)(C)c1cccc(COCc2cccc(C(C)(C)C=CC)c2)c1. The molecule has 2 aromatic rings. The molecular weight excluding hydrogens is 328 g/mol. The van der Waals surface area contributed by atoms with Crippen LogP contribution in [0.15, 0.2) is 72.8 Å². The summed E-state index contributed by atoms with van der Waals surface area (Å²) in [6.07, 6.45) is 8.71. The highest BCUT2D eigenvalue weighted by atomic mass is 16.5. The molecule has 0 N–H and O–H groups in total. The third-order valence-electron chi connectivity index (χ3n) is 5.05. The summed E-state index contributed by atoms with van der Waals surface area (Å²) in [6.45, 7) is 14.4. The van der Waals surface area contributed by atoms with Gasteiger partial charge in [-0.15, -0.1) is 0 Å². The predicted molar refractivity (Wildman–Crippen MR) is 117 cm³/mol. The van der Waals surface area contributed by atoms with Gasteiger partial charge in [0.05, 0.1) is 13.2 Å². The van der Waals surface area contributed by atoms with Crippen LogP contribution in [0.2, 0.25) is 0 Å². The summed E-state index contributed by atoms with van der Waals surface area (Å²) in [5.41, 5.74) is 5.15. The highest BCUT2D eigenvalue weighted by Crippen LogP contribution is 2.27. The molecular formula is C26H34O. The highest BCUT2D eigenvalue weighted by molar-refractivity contribution is 5.33. The van der Waals surface area contributed by atoms with Crippen LogP contribution in [0.3, 0.4) is 0 Å². The van der Waals surface area contributed by atoms with E-state index < -0.39 is 0 Å². The molecule has 1 heteroatoms. The summed E-state index contributed by atoms with van der Waals surface area (Å²) in [5, 5.41) is 0. The Morgan fingerprint density at radius 3 is 1.48 bits per heavy atom. The quantitative estimate of drug-likeness (QED) is 0.455. The Morgan fingerprint density at radius 1 is 0.704 bits per heavy atom. The van der Waals surface area contributed by atoms with Crippen LogP contribution in [0.5, 0.6) is 0 Å². The summed E-state index contributed by atoms with van der Waals surface area (Å²) < 4.78 is 6.02. The maximum Gasteiger partial charge on any atom is 0.0721 e. The van der Waals surface area contributed by atoms with Gasteiger partial charge in [-0.25, -0.2) is 0 Å². The average Bonchev–Trinajstić information content (AvgIpc) is 2.62. The van der Waals surface area contributed by atoms with Crippen molar-refractivity contribution in [3.05, 3.63) is 95.1 Å². The van der Waals surface area contributed by atoms with Gasteiger partial charge < -0.3 is 4.74 Å². The highest BCUT2D eigenvalue weighted by Gasteiger charge is 2.17. The number of hydrogen-bond acceptors (Lipinski definition) is 1. The average molecular weight is 363 g/mol. The van der Waals surface area contributed by atoms with Gasteiger partial charge in [0, 0.05) is 10.8 Å². The van der Waals surface area contributed by atoms with Gasteiger partial charge in [-0.1, -0.05) is 101 Å². The van der Waals surface area contributed by atoms with Crippen molar-refractivity contribution < 1.29 is 4.74 Å². The molecule has 0 atom stereocenters. The molecule has 0 fully saturated rings. The molecule has 0 heterocycles.